The molecule has 0 aliphatic rings. The zero-order valence-corrected chi connectivity index (χ0v) is 11.4. The van der Waals surface area contributed by atoms with Gasteiger partial charge in [0.25, 0.3) is 0 Å². The van der Waals surface area contributed by atoms with Crippen LogP contribution in [0.4, 0.5) is 0 Å². The van der Waals surface area contributed by atoms with Crippen LogP contribution in [0.2, 0.25) is 0 Å². The molecule has 2 atom stereocenters. The second-order valence-corrected chi connectivity index (χ2v) is 5.33. The van der Waals surface area contributed by atoms with Gasteiger partial charge in [0.1, 0.15) is 0 Å². The highest BCUT2D eigenvalue weighted by molar-refractivity contribution is 4.79. The molecule has 0 saturated carbocycles. The topological polar surface area (TPSA) is 21.3 Å². The Morgan fingerprint density at radius 2 is 1.87 bits per heavy atom. The Kier molecular flexibility index (Phi) is 7.20. The van der Waals surface area contributed by atoms with Crippen molar-refractivity contribution >= 4 is 0 Å². The van der Waals surface area contributed by atoms with E-state index in [0.717, 1.165) is 19.6 Å². The number of nitrogens with one attached hydrogen (secondary N) is 1. The van der Waals surface area contributed by atoms with Gasteiger partial charge in [-0.05, 0) is 37.6 Å². The zero-order chi connectivity index (χ0) is 11.9. The molecule has 0 radical (unpaired) electrons. The number of ether oxygens (including phenoxy) is 1. The van der Waals surface area contributed by atoms with E-state index in [1.54, 1.807) is 7.11 Å². The van der Waals surface area contributed by atoms with Gasteiger partial charge in [-0.1, -0.05) is 27.7 Å². The molecular formula is C13H29NO. The van der Waals surface area contributed by atoms with Crippen LogP contribution >= 0.6 is 0 Å². The van der Waals surface area contributed by atoms with Crippen LogP contribution in [0.5, 0.6) is 0 Å². The van der Waals surface area contributed by atoms with Crippen molar-refractivity contribution in [2.75, 3.05) is 20.3 Å². The van der Waals surface area contributed by atoms with Crippen molar-refractivity contribution in [2.45, 2.75) is 53.5 Å². The van der Waals surface area contributed by atoms with E-state index in [4.69, 9.17) is 4.74 Å². The minimum atomic E-state index is 0.389. The molecule has 0 fully saturated rings. The SMILES string of the molecule is CCNC(C)CC(C)(C)C(C)CCOC. The first-order chi connectivity index (χ1) is 6.94. The Hall–Kier alpha value is -0.0800. The molecule has 15 heavy (non-hydrogen) atoms. The summed E-state index contributed by atoms with van der Waals surface area (Å²) in [5, 5.41) is 3.48. The van der Waals surface area contributed by atoms with Gasteiger partial charge < -0.3 is 10.1 Å². The van der Waals surface area contributed by atoms with Gasteiger partial charge in [-0.3, -0.25) is 0 Å². The Bertz CT molecular complexity index is 157. The van der Waals surface area contributed by atoms with Gasteiger partial charge in [0, 0.05) is 19.8 Å². The van der Waals surface area contributed by atoms with E-state index in [-0.39, 0.29) is 0 Å². The first kappa shape index (κ1) is 14.9. The first-order valence-corrected chi connectivity index (χ1v) is 6.16. The van der Waals surface area contributed by atoms with Crippen LogP contribution < -0.4 is 5.32 Å². The third kappa shape index (κ3) is 6.16. The lowest BCUT2D eigenvalue weighted by Gasteiger charge is -2.34. The summed E-state index contributed by atoms with van der Waals surface area (Å²) in [7, 11) is 1.78. The van der Waals surface area contributed by atoms with Crippen LogP contribution in [0.15, 0.2) is 0 Å². The predicted octanol–water partition coefficient (Wildman–Crippen LogP) is 3.07. The highest BCUT2D eigenvalue weighted by atomic mass is 16.5. The fraction of sp³-hybridized carbons (Fsp3) is 1.00. The summed E-state index contributed by atoms with van der Waals surface area (Å²) in [6, 6.07) is 0.606. The lowest BCUT2D eigenvalue weighted by atomic mass is 9.74. The van der Waals surface area contributed by atoms with Crippen molar-refractivity contribution in [1.82, 2.24) is 5.32 Å². The van der Waals surface area contributed by atoms with Crippen molar-refractivity contribution in [2.24, 2.45) is 11.3 Å². The summed E-state index contributed by atoms with van der Waals surface area (Å²) in [6.45, 7) is 13.4. The molecule has 0 heterocycles. The molecular weight excluding hydrogens is 186 g/mol. The fourth-order valence-electron chi connectivity index (χ4n) is 2.10. The van der Waals surface area contributed by atoms with E-state index in [0.29, 0.717) is 17.4 Å². The Morgan fingerprint density at radius 3 is 2.33 bits per heavy atom. The van der Waals surface area contributed by atoms with Crippen molar-refractivity contribution < 1.29 is 4.74 Å². The summed E-state index contributed by atoms with van der Waals surface area (Å²) >= 11 is 0. The fourth-order valence-corrected chi connectivity index (χ4v) is 2.10. The molecule has 0 rings (SSSR count). The smallest absolute Gasteiger partial charge is 0.0465 e. The van der Waals surface area contributed by atoms with Crippen LogP contribution in [0.1, 0.15) is 47.5 Å². The highest BCUT2D eigenvalue weighted by Gasteiger charge is 2.27. The molecule has 2 nitrogen and oxygen atoms in total. The maximum absolute atomic E-state index is 5.14. The molecule has 0 amide bonds. The lowest BCUT2D eigenvalue weighted by molar-refractivity contribution is 0.123. The molecule has 0 saturated heterocycles. The Labute approximate surface area is 95.8 Å². The van der Waals surface area contributed by atoms with Gasteiger partial charge in [-0.15, -0.1) is 0 Å². The molecule has 2 heteroatoms. The second kappa shape index (κ2) is 7.24. The molecule has 0 bridgehead atoms. The summed E-state index contributed by atoms with van der Waals surface area (Å²) in [5.41, 5.74) is 0.389. The van der Waals surface area contributed by atoms with Gasteiger partial charge in [0.05, 0.1) is 0 Å². The number of rotatable bonds is 8. The Morgan fingerprint density at radius 1 is 1.27 bits per heavy atom. The second-order valence-electron chi connectivity index (χ2n) is 5.33. The maximum Gasteiger partial charge on any atom is 0.0465 e. The molecule has 0 aromatic rings. The largest absolute Gasteiger partial charge is 0.385 e. The Balaban J connectivity index is 4.02. The number of hydrogen-bond donors (Lipinski definition) is 1. The number of hydrogen-bond acceptors (Lipinski definition) is 2. The van der Waals surface area contributed by atoms with Crippen molar-refractivity contribution in [3.05, 3.63) is 0 Å². The summed E-state index contributed by atoms with van der Waals surface area (Å²) in [4.78, 5) is 0. The quantitative estimate of drug-likeness (QED) is 0.672. The van der Waals surface area contributed by atoms with Gasteiger partial charge in [0.2, 0.25) is 0 Å². The average molecular weight is 215 g/mol. The molecule has 0 aliphatic heterocycles. The monoisotopic (exact) mass is 215 g/mol. The van der Waals surface area contributed by atoms with E-state index in [2.05, 4.69) is 39.9 Å². The van der Waals surface area contributed by atoms with E-state index in [1.807, 2.05) is 0 Å². The van der Waals surface area contributed by atoms with Crippen LogP contribution in [-0.2, 0) is 4.74 Å². The third-order valence-electron chi connectivity index (χ3n) is 3.47. The average Bonchev–Trinajstić information content (AvgIpc) is 2.13. The molecule has 0 aromatic carbocycles. The predicted molar refractivity (Wildman–Crippen MR) is 67.2 cm³/mol. The van der Waals surface area contributed by atoms with Crippen molar-refractivity contribution in [3.63, 3.8) is 0 Å². The van der Waals surface area contributed by atoms with Gasteiger partial charge in [-0.2, -0.15) is 0 Å². The van der Waals surface area contributed by atoms with Crippen LogP contribution in [0.3, 0.4) is 0 Å². The van der Waals surface area contributed by atoms with Crippen LogP contribution in [-0.4, -0.2) is 26.3 Å². The lowest BCUT2D eigenvalue weighted by Crippen LogP contribution is -2.34. The molecule has 1 N–H and O–H groups in total. The molecule has 0 spiro atoms. The van der Waals surface area contributed by atoms with Crippen LogP contribution in [0.25, 0.3) is 0 Å². The van der Waals surface area contributed by atoms with Crippen LogP contribution in [0, 0.1) is 11.3 Å². The summed E-state index contributed by atoms with van der Waals surface area (Å²) in [6.07, 6.45) is 2.38. The van der Waals surface area contributed by atoms with E-state index < -0.39 is 0 Å². The minimum absolute atomic E-state index is 0.389. The first-order valence-electron chi connectivity index (χ1n) is 6.16. The highest BCUT2D eigenvalue weighted by Crippen LogP contribution is 2.33. The van der Waals surface area contributed by atoms with Gasteiger partial charge in [-0.25, -0.2) is 0 Å². The summed E-state index contributed by atoms with van der Waals surface area (Å²) in [5.74, 6) is 0.707. The van der Waals surface area contributed by atoms with E-state index in [1.165, 1.54) is 6.42 Å². The third-order valence-corrected chi connectivity index (χ3v) is 3.47. The van der Waals surface area contributed by atoms with Gasteiger partial charge in [0.15, 0.2) is 0 Å². The summed E-state index contributed by atoms with van der Waals surface area (Å²) < 4.78 is 5.14. The van der Waals surface area contributed by atoms with Gasteiger partial charge >= 0.3 is 0 Å². The zero-order valence-electron chi connectivity index (χ0n) is 11.4. The van der Waals surface area contributed by atoms with E-state index >= 15 is 0 Å². The minimum Gasteiger partial charge on any atom is -0.385 e. The molecule has 0 aliphatic carbocycles. The van der Waals surface area contributed by atoms with Crippen molar-refractivity contribution in [1.29, 1.82) is 0 Å². The standard InChI is InChI=1S/C13H29NO/c1-7-14-12(3)10-13(4,5)11(2)8-9-15-6/h11-12,14H,7-10H2,1-6H3. The van der Waals surface area contributed by atoms with E-state index in [9.17, 15) is 0 Å². The normalized spacial score (nSPS) is 16.4. The maximum atomic E-state index is 5.14. The van der Waals surface area contributed by atoms with Crippen molar-refractivity contribution in [3.8, 4) is 0 Å². The molecule has 2 unspecified atom stereocenters. The molecule has 0 aromatic heterocycles. The molecule has 92 valence electrons. The number of methoxy groups -OCH3 is 1.